The highest BCUT2D eigenvalue weighted by molar-refractivity contribution is 7.87. The summed E-state index contributed by atoms with van der Waals surface area (Å²) >= 11 is 0. The van der Waals surface area contributed by atoms with Crippen LogP contribution >= 0.6 is 0 Å². The number of fused-ring (bicyclic) bond motifs is 2. The molecule has 6 aromatic carbocycles. The van der Waals surface area contributed by atoms with Gasteiger partial charge in [0.1, 0.15) is 19.6 Å². The summed E-state index contributed by atoms with van der Waals surface area (Å²) in [5, 5.41) is 25.1. The van der Waals surface area contributed by atoms with Crippen LogP contribution in [0.1, 0.15) is 6.42 Å². The fourth-order valence-corrected chi connectivity index (χ4v) is 10.1. The van der Waals surface area contributed by atoms with E-state index < -0.39 is 60.1 Å². The van der Waals surface area contributed by atoms with Crippen LogP contribution in [0.4, 0.5) is 52.0 Å². The largest absolute Gasteiger partial charge is 0.379 e. The molecule has 1 aliphatic heterocycles. The molecule has 28 heteroatoms. The van der Waals surface area contributed by atoms with Crippen molar-refractivity contribution >= 4 is 114 Å². The summed E-state index contributed by atoms with van der Waals surface area (Å²) < 4.78 is 142. The lowest BCUT2D eigenvalue weighted by atomic mass is 10.1. The van der Waals surface area contributed by atoms with Crippen LogP contribution in [0, 0.1) is 0 Å². The molecule has 1 fully saturated rings. The third kappa shape index (κ3) is 12.2. The van der Waals surface area contributed by atoms with Crippen molar-refractivity contribution in [3.05, 3.63) is 109 Å². The van der Waals surface area contributed by atoms with Crippen molar-refractivity contribution in [1.82, 2.24) is 19.9 Å². The second-order valence-corrected chi connectivity index (χ2v) is 20.8. The first-order valence-corrected chi connectivity index (χ1v) is 26.3. The van der Waals surface area contributed by atoms with Gasteiger partial charge in [-0.25, -0.2) is 0 Å². The van der Waals surface area contributed by atoms with E-state index in [9.17, 15) is 51.9 Å². The van der Waals surface area contributed by atoms with Gasteiger partial charge in [0.05, 0.1) is 36.0 Å². The zero-order chi connectivity index (χ0) is 49.8. The zero-order valence-electron chi connectivity index (χ0n) is 36.0. The maximum atomic E-state index is 12.2. The highest BCUT2D eigenvalue weighted by Crippen LogP contribution is 2.36. The van der Waals surface area contributed by atoms with Crippen LogP contribution in [0.5, 0.6) is 0 Å². The normalized spacial score (nSPS) is 14.2. The van der Waals surface area contributed by atoms with E-state index in [2.05, 4.69) is 56.3 Å². The molecule has 8 rings (SSSR count). The van der Waals surface area contributed by atoms with Crippen molar-refractivity contribution < 1.29 is 56.6 Å². The average molecular weight is 1030 g/mol. The van der Waals surface area contributed by atoms with Gasteiger partial charge in [0.25, 0.3) is 40.5 Å². The molecule has 0 spiro atoms. The summed E-state index contributed by atoms with van der Waals surface area (Å²) in [5.41, 5.74) is 1.32. The Kier molecular flexibility index (Phi) is 14.2. The molecule has 70 heavy (non-hydrogen) atoms. The standard InChI is InChI=1S/C42H39N11O13S4/c54-67(55,56)36-6-1-4-32-34(36)22-30(24-38(32)69(60,61)62)51-49-28-12-8-26(9-13-28)44-41-46-40(43-16-3-17-53-18-20-66-21-19-53)47-42(48-41)45-27-10-14-29(15-11-27)50-52-31-23-35-33(39(25-31)70(63,64)65)5-2-7-37(35)68(57,58)59/h1-2,4-15,22-25H,3,16-21H2,(H,54,55,56)(H,57,58,59)(H,60,61,62)(H,63,64,65)(H3,43,44,45,46,47,48). The molecule has 1 aromatic heterocycles. The predicted octanol–water partition coefficient (Wildman–Crippen LogP) is 7.62. The maximum Gasteiger partial charge on any atom is 0.295 e. The number of nitrogens with one attached hydrogen (secondary N) is 3. The highest BCUT2D eigenvalue weighted by Gasteiger charge is 2.23. The smallest absolute Gasteiger partial charge is 0.295 e. The predicted molar refractivity (Wildman–Crippen MR) is 255 cm³/mol. The van der Waals surface area contributed by atoms with E-state index in [0.29, 0.717) is 31.1 Å². The third-order valence-electron chi connectivity index (χ3n) is 10.4. The molecule has 0 atom stereocenters. The van der Waals surface area contributed by atoms with Gasteiger partial charge in [-0.05, 0) is 97.9 Å². The Morgan fingerprint density at radius 1 is 0.486 bits per heavy atom. The van der Waals surface area contributed by atoms with Crippen molar-refractivity contribution in [2.75, 3.05) is 55.3 Å². The van der Waals surface area contributed by atoms with Gasteiger partial charge in [-0.1, -0.05) is 24.3 Å². The number of nitrogens with zero attached hydrogens (tertiary/aromatic N) is 8. The number of hydrogen-bond donors (Lipinski definition) is 7. The van der Waals surface area contributed by atoms with Gasteiger partial charge in [-0.2, -0.15) is 69.1 Å². The summed E-state index contributed by atoms with van der Waals surface area (Å²) in [5.74, 6) is 0.507. The molecule has 2 heterocycles. The molecule has 7 aromatic rings. The van der Waals surface area contributed by atoms with Gasteiger partial charge in [0.2, 0.25) is 17.8 Å². The zero-order valence-corrected chi connectivity index (χ0v) is 39.3. The molecule has 0 aliphatic carbocycles. The second-order valence-electron chi connectivity index (χ2n) is 15.3. The monoisotopic (exact) mass is 1030 g/mol. The number of benzene rings is 6. The van der Waals surface area contributed by atoms with Gasteiger partial charge in [-0.3, -0.25) is 23.1 Å². The summed E-state index contributed by atoms with van der Waals surface area (Å²) in [6, 6.07) is 24.3. The van der Waals surface area contributed by atoms with Crippen LogP contribution < -0.4 is 16.0 Å². The minimum absolute atomic E-state index is 0.133. The van der Waals surface area contributed by atoms with Gasteiger partial charge < -0.3 is 20.7 Å². The third-order valence-corrected chi connectivity index (χ3v) is 14.0. The Balaban J connectivity index is 1.01. The van der Waals surface area contributed by atoms with Gasteiger partial charge in [0, 0.05) is 52.6 Å². The number of anilines is 5. The van der Waals surface area contributed by atoms with Crippen LogP contribution in [-0.2, 0) is 45.2 Å². The van der Waals surface area contributed by atoms with Crippen molar-refractivity contribution in [2.24, 2.45) is 20.5 Å². The molecule has 7 N–H and O–H groups in total. The first kappa shape index (κ1) is 49.4. The van der Waals surface area contributed by atoms with Crippen molar-refractivity contribution in [3.63, 3.8) is 0 Å². The molecule has 0 unspecified atom stereocenters. The molecule has 364 valence electrons. The molecule has 1 aliphatic rings. The number of azo groups is 2. The molecule has 0 radical (unpaired) electrons. The topological polar surface area (TPSA) is 354 Å². The Morgan fingerprint density at radius 3 is 1.30 bits per heavy atom. The Hall–Kier alpha value is -6.99. The van der Waals surface area contributed by atoms with Crippen LogP contribution in [0.25, 0.3) is 21.5 Å². The quantitative estimate of drug-likeness (QED) is 0.0262. The van der Waals surface area contributed by atoms with E-state index in [1.54, 1.807) is 48.5 Å². The Labute approximate surface area is 399 Å². The van der Waals surface area contributed by atoms with E-state index in [4.69, 9.17) is 4.74 Å². The summed E-state index contributed by atoms with van der Waals surface area (Å²) in [6.07, 6.45) is 0.777. The van der Waals surface area contributed by atoms with Crippen molar-refractivity contribution in [2.45, 2.75) is 26.0 Å². The fraction of sp³-hybridized carbons (Fsp3) is 0.167. The molecule has 1 saturated heterocycles. The summed E-state index contributed by atoms with van der Waals surface area (Å²) in [6.45, 7) is 4.36. The molecule has 0 amide bonds. The van der Waals surface area contributed by atoms with Crippen molar-refractivity contribution in [3.8, 4) is 0 Å². The lowest BCUT2D eigenvalue weighted by molar-refractivity contribution is 0.0378. The van der Waals surface area contributed by atoms with Crippen LogP contribution in [0.15, 0.2) is 149 Å². The van der Waals surface area contributed by atoms with Crippen LogP contribution in [-0.4, -0.2) is 111 Å². The SMILES string of the molecule is O=S(=O)(O)c1cc(N=Nc2ccc(Nc3nc(NCCCN4CCOCC4)nc(Nc4ccc(N=Nc5cc(S(=O)(=O)O)c6cccc(S(=O)(=O)O)c6c5)cc4)n3)cc2)cc2c(S(=O)(=O)O)cccc12. The Bertz CT molecular complexity index is 3430. The minimum atomic E-state index is -4.86. The van der Waals surface area contributed by atoms with E-state index >= 15 is 0 Å². The summed E-state index contributed by atoms with van der Waals surface area (Å²) in [7, 11) is -19.3. The van der Waals surface area contributed by atoms with Crippen LogP contribution in [0.3, 0.4) is 0 Å². The van der Waals surface area contributed by atoms with Gasteiger partial charge in [0.15, 0.2) is 0 Å². The number of rotatable bonds is 17. The minimum Gasteiger partial charge on any atom is -0.379 e. The fourth-order valence-electron chi connectivity index (χ4n) is 7.22. The molecular formula is C42H39N11O13S4. The maximum absolute atomic E-state index is 12.2. The second kappa shape index (κ2) is 20.2. The molecular weight excluding hydrogens is 995 g/mol. The van der Waals surface area contributed by atoms with E-state index in [1.807, 2.05) is 0 Å². The number of morpholine rings is 1. The van der Waals surface area contributed by atoms with Crippen LogP contribution in [0.2, 0.25) is 0 Å². The lowest BCUT2D eigenvalue weighted by Gasteiger charge is -2.26. The number of aromatic nitrogens is 3. The van der Waals surface area contributed by atoms with Gasteiger partial charge in [-0.15, -0.1) is 0 Å². The Morgan fingerprint density at radius 2 is 0.886 bits per heavy atom. The van der Waals surface area contributed by atoms with E-state index in [1.165, 1.54) is 36.4 Å². The molecule has 0 bridgehead atoms. The molecule has 0 saturated carbocycles. The summed E-state index contributed by atoms with van der Waals surface area (Å²) in [4.78, 5) is 13.4. The van der Waals surface area contributed by atoms with E-state index in [0.717, 1.165) is 50.3 Å². The number of ether oxygens (including phenoxy) is 1. The lowest BCUT2D eigenvalue weighted by Crippen LogP contribution is -2.37. The highest BCUT2D eigenvalue weighted by atomic mass is 32.2. The average Bonchev–Trinajstić information content (AvgIpc) is 3.30. The van der Waals surface area contributed by atoms with Crippen molar-refractivity contribution in [1.29, 1.82) is 0 Å². The molecule has 24 nitrogen and oxygen atoms in total. The first-order chi connectivity index (χ1) is 33.2. The van der Waals surface area contributed by atoms with E-state index in [-0.39, 0.29) is 62.1 Å². The number of hydrogen-bond acceptors (Lipinski definition) is 20. The first-order valence-electron chi connectivity index (χ1n) is 20.6. The van der Waals surface area contributed by atoms with Gasteiger partial charge >= 0.3 is 0 Å².